The van der Waals surface area contributed by atoms with Crippen LogP contribution in [0.2, 0.25) is 0 Å². The van der Waals surface area contributed by atoms with E-state index in [1.54, 1.807) is 35.8 Å². The summed E-state index contributed by atoms with van der Waals surface area (Å²) in [6.07, 6.45) is 3.22. The Morgan fingerprint density at radius 3 is 2.46 bits per heavy atom. The van der Waals surface area contributed by atoms with Crippen LogP contribution in [-0.2, 0) is 16.6 Å². The molecule has 2 heterocycles. The van der Waals surface area contributed by atoms with Crippen molar-refractivity contribution in [2.24, 2.45) is 0 Å². The molecule has 0 aliphatic carbocycles. The first-order valence-corrected chi connectivity index (χ1v) is 10.8. The maximum atomic E-state index is 12.1. The quantitative estimate of drug-likeness (QED) is 0.771. The summed E-state index contributed by atoms with van der Waals surface area (Å²) in [6.45, 7) is 4.80. The third-order valence-electron chi connectivity index (χ3n) is 4.60. The first kappa shape index (κ1) is 20.2. The molecule has 2 aromatic rings. The van der Waals surface area contributed by atoms with E-state index in [1.807, 2.05) is 24.3 Å². The van der Waals surface area contributed by atoms with E-state index < -0.39 is 10.0 Å². The lowest BCUT2D eigenvalue weighted by atomic mass is 10.2. The lowest BCUT2D eigenvalue weighted by Gasteiger charge is -2.33. The van der Waals surface area contributed by atoms with Gasteiger partial charge >= 0.3 is 6.03 Å². The summed E-state index contributed by atoms with van der Waals surface area (Å²) < 4.78 is 25.5. The molecule has 0 bridgehead atoms. The summed E-state index contributed by atoms with van der Waals surface area (Å²) in [7, 11) is -3.12. The van der Waals surface area contributed by atoms with Crippen LogP contribution in [0.5, 0.6) is 0 Å². The Morgan fingerprint density at radius 2 is 1.79 bits per heavy atom. The van der Waals surface area contributed by atoms with Crippen molar-refractivity contribution in [3.05, 3.63) is 54.4 Å². The molecule has 28 heavy (non-hydrogen) atoms. The van der Waals surface area contributed by atoms with Gasteiger partial charge in [-0.2, -0.15) is 4.31 Å². The zero-order valence-corrected chi connectivity index (χ0v) is 16.7. The van der Waals surface area contributed by atoms with Crippen LogP contribution in [0.1, 0.15) is 12.5 Å². The first-order chi connectivity index (χ1) is 13.5. The Labute approximate surface area is 165 Å². The van der Waals surface area contributed by atoms with Gasteiger partial charge in [0.1, 0.15) is 0 Å². The van der Waals surface area contributed by atoms with Gasteiger partial charge < -0.3 is 10.6 Å². The third-order valence-corrected chi connectivity index (χ3v) is 6.48. The Balaban J connectivity index is 1.53. The van der Waals surface area contributed by atoms with Crippen LogP contribution in [0.15, 0.2) is 48.8 Å². The van der Waals surface area contributed by atoms with Crippen molar-refractivity contribution in [2.75, 3.05) is 42.6 Å². The van der Waals surface area contributed by atoms with E-state index in [9.17, 15) is 13.2 Å². The number of carbonyl (C=O) groups is 1. The van der Waals surface area contributed by atoms with Gasteiger partial charge in [0, 0.05) is 44.6 Å². The van der Waals surface area contributed by atoms with E-state index >= 15 is 0 Å². The van der Waals surface area contributed by atoms with E-state index in [0.29, 0.717) is 44.1 Å². The van der Waals surface area contributed by atoms with Crippen molar-refractivity contribution in [1.29, 1.82) is 0 Å². The third kappa shape index (κ3) is 5.51. The predicted octanol–water partition coefficient (Wildman–Crippen LogP) is 2.19. The SMILES string of the molecule is CCS(=O)(=O)N1CCN(Cc2cccc(NC(=O)Nc3cccnc3)c2)CC1. The fourth-order valence-corrected chi connectivity index (χ4v) is 4.17. The second kappa shape index (κ2) is 9.13. The van der Waals surface area contributed by atoms with Crippen LogP contribution >= 0.6 is 0 Å². The summed E-state index contributed by atoms with van der Waals surface area (Å²) in [5.74, 6) is 0.141. The standard InChI is InChI=1S/C19H25N5O3S/c1-2-28(26,27)24-11-9-23(10-12-24)15-16-5-3-6-17(13-16)21-19(25)22-18-7-4-8-20-14-18/h3-8,13-14H,2,9-12,15H2,1H3,(H2,21,22,25). The summed E-state index contributed by atoms with van der Waals surface area (Å²) in [5, 5.41) is 5.55. The number of hydrogen-bond acceptors (Lipinski definition) is 5. The van der Waals surface area contributed by atoms with Crippen molar-refractivity contribution in [3.63, 3.8) is 0 Å². The zero-order chi connectivity index (χ0) is 20.0. The van der Waals surface area contributed by atoms with Crippen LogP contribution in [0.25, 0.3) is 0 Å². The molecule has 0 atom stereocenters. The summed E-state index contributed by atoms with van der Waals surface area (Å²) in [5.41, 5.74) is 2.38. The second-order valence-electron chi connectivity index (χ2n) is 6.60. The number of rotatable bonds is 6. The number of nitrogens with one attached hydrogen (secondary N) is 2. The minimum atomic E-state index is -3.12. The highest BCUT2D eigenvalue weighted by Crippen LogP contribution is 2.16. The largest absolute Gasteiger partial charge is 0.323 e. The molecule has 1 aromatic carbocycles. The molecule has 2 N–H and O–H groups in total. The zero-order valence-electron chi connectivity index (χ0n) is 15.8. The van der Waals surface area contributed by atoms with Crippen LogP contribution in [0.3, 0.4) is 0 Å². The lowest BCUT2D eigenvalue weighted by Crippen LogP contribution is -2.48. The lowest BCUT2D eigenvalue weighted by molar-refractivity contribution is 0.182. The number of pyridine rings is 1. The molecule has 0 radical (unpaired) electrons. The topological polar surface area (TPSA) is 94.6 Å². The predicted molar refractivity (Wildman–Crippen MR) is 110 cm³/mol. The molecule has 9 heteroatoms. The molecular formula is C19H25N5O3S. The Hall–Kier alpha value is -2.49. The molecule has 0 unspecified atom stereocenters. The highest BCUT2D eigenvalue weighted by molar-refractivity contribution is 7.89. The van der Waals surface area contributed by atoms with Gasteiger partial charge in [0.15, 0.2) is 0 Å². The Kier molecular flexibility index (Phi) is 6.61. The van der Waals surface area contributed by atoms with E-state index in [0.717, 1.165) is 5.56 Å². The fourth-order valence-electron chi connectivity index (χ4n) is 3.08. The van der Waals surface area contributed by atoms with Crippen LogP contribution in [-0.4, -0.2) is 60.6 Å². The number of urea groups is 1. The fraction of sp³-hybridized carbons (Fsp3) is 0.368. The normalized spacial score (nSPS) is 15.9. The number of aromatic nitrogens is 1. The number of piperazine rings is 1. The van der Waals surface area contributed by atoms with Crippen molar-refractivity contribution in [3.8, 4) is 0 Å². The summed E-state index contributed by atoms with van der Waals surface area (Å²) in [4.78, 5) is 18.3. The second-order valence-corrected chi connectivity index (χ2v) is 8.85. The Bertz CT molecular complexity index is 897. The molecule has 8 nitrogen and oxygen atoms in total. The molecule has 1 aliphatic heterocycles. The van der Waals surface area contributed by atoms with E-state index in [2.05, 4.69) is 20.5 Å². The van der Waals surface area contributed by atoms with E-state index in [4.69, 9.17) is 0 Å². The minimum Gasteiger partial charge on any atom is -0.308 e. The van der Waals surface area contributed by atoms with Gasteiger partial charge in [-0.3, -0.25) is 9.88 Å². The first-order valence-electron chi connectivity index (χ1n) is 9.23. The Morgan fingerprint density at radius 1 is 1.07 bits per heavy atom. The number of benzene rings is 1. The van der Waals surface area contributed by atoms with E-state index in [-0.39, 0.29) is 11.8 Å². The highest BCUT2D eigenvalue weighted by atomic mass is 32.2. The molecular weight excluding hydrogens is 378 g/mol. The van der Waals surface area contributed by atoms with Gasteiger partial charge in [0.25, 0.3) is 0 Å². The molecule has 2 amide bonds. The van der Waals surface area contributed by atoms with Crippen LogP contribution in [0, 0.1) is 0 Å². The number of nitrogens with zero attached hydrogens (tertiary/aromatic N) is 3. The van der Waals surface area contributed by atoms with Gasteiger partial charge in [0.2, 0.25) is 10.0 Å². The maximum absolute atomic E-state index is 12.1. The van der Waals surface area contributed by atoms with Crippen LogP contribution in [0.4, 0.5) is 16.2 Å². The molecule has 1 saturated heterocycles. The van der Waals surface area contributed by atoms with Gasteiger partial charge in [-0.1, -0.05) is 12.1 Å². The van der Waals surface area contributed by atoms with E-state index in [1.165, 1.54) is 0 Å². The number of amides is 2. The molecule has 3 rings (SSSR count). The van der Waals surface area contributed by atoms with Crippen molar-refractivity contribution >= 4 is 27.4 Å². The number of anilines is 2. The van der Waals surface area contributed by atoms with Crippen LogP contribution < -0.4 is 10.6 Å². The maximum Gasteiger partial charge on any atom is 0.323 e. The summed E-state index contributed by atoms with van der Waals surface area (Å²) in [6, 6.07) is 10.8. The monoisotopic (exact) mass is 403 g/mol. The average molecular weight is 404 g/mol. The molecule has 1 aromatic heterocycles. The number of hydrogen-bond donors (Lipinski definition) is 2. The number of sulfonamides is 1. The molecule has 0 spiro atoms. The van der Waals surface area contributed by atoms with Gasteiger partial charge in [-0.05, 0) is 36.8 Å². The van der Waals surface area contributed by atoms with Gasteiger partial charge in [-0.15, -0.1) is 0 Å². The number of carbonyl (C=O) groups excluding carboxylic acids is 1. The molecule has 0 saturated carbocycles. The average Bonchev–Trinajstić information content (AvgIpc) is 2.69. The molecule has 1 fully saturated rings. The molecule has 1 aliphatic rings. The van der Waals surface area contributed by atoms with Crippen molar-refractivity contribution in [1.82, 2.24) is 14.2 Å². The highest BCUT2D eigenvalue weighted by Gasteiger charge is 2.25. The smallest absolute Gasteiger partial charge is 0.308 e. The minimum absolute atomic E-state index is 0.141. The summed E-state index contributed by atoms with van der Waals surface area (Å²) >= 11 is 0. The molecule has 150 valence electrons. The van der Waals surface area contributed by atoms with Crippen molar-refractivity contribution in [2.45, 2.75) is 13.5 Å². The van der Waals surface area contributed by atoms with Gasteiger partial charge in [0.05, 0.1) is 17.6 Å². The van der Waals surface area contributed by atoms with Crippen molar-refractivity contribution < 1.29 is 13.2 Å². The van der Waals surface area contributed by atoms with Gasteiger partial charge in [-0.25, -0.2) is 13.2 Å².